The maximum absolute atomic E-state index is 16.8. The van der Waals surface area contributed by atoms with Gasteiger partial charge in [-0.3, -0.25) is 33.6 Å². The lowest BCUT2D eigenvalue weighted by Gasteiger charge is -2.43. The van der Waals surface area contributed by atoms with E-state index < -0.39 is 258 Å². The predicted octanol–water partition coefficient (Wildman–Crippen LogP) is 1.18. The summed E-state index contributed by atoms with van der Waals surface area (Å²) in [6, 6.07) is -7.09. The number of aliphatic hydroxyl groups excluding tert-OH is 10. The molecule has 3 fully saturated rings. The van der Waals surface area contributed by atoms with E-state index in [9.17, 15) is 80.8 Å². The molecule has 7 amide bonds. The molecular formula is C81H94Cl2N8O28. The van der Waals surface area contributed by atoms with Gasteiger partial charge in [-0.1, -0.05) is 81.8 Å². The molecule has 12 unspecified atom stereocenters. The van der Waals surface area contributed by atoms with Crippen LogP contribution in [-0.2, 0) is 52.6 Å². The fourth-order valence-electron chi connectivity index (χ4n) is 16.1. The highest BCUT2D eigenvalue weighted by Crippen LogP contribution is 2.50. The zero-order chi connectivity index (χ0) is 85.4. The van der Waals surface area contributed by atoms with E-state index in [0.29, 0.717) is 24.3 Å². The predicted molar refractivity (Wildman–Crippen MR) is 414 cm³/mol. The summed E-state index contributed by atoms with van der Waals surface area (Å²) >= 11 is 14.6. The van der Waals surface area contributed by atoms with Crippen LogP contribution in [0.25, 0.3) is 0 Å². The Labute approximate surface area is 689 Å². The fourth-order valence-corrected chi connectivity index (χ4v) is 16.7. The minimum atomic E-state index is -2.36. The number of ether oxygens (including phenoxy) is 7. The Morgan fingerprint density at radius 1 is 0.647 bits per heavy atom. The first kappa shape index (κ1) is 86.7. The highest BCUT2D eigenvalue weighted by atomic mass is 35.5. The summed E-state index contributed by atoms with van der Waals surface area (Å²) in [5.74, 6) is -17.7. The van der Waals surface area contributed by atoms with E-state index in [0.717, 1.165) is 55.7 Å². The summed E-state index contributed by atoms with van der Waals surface area (Å²) in [5.41, 5.74) is 5.03. The number of alkyl halides is 1. The minimum absolute atomic E-state index is 0.0151. The van der Waals surface area contributed by atoms with Crippen molar-refractivity contribution < 1.29 is 138 Å². The molecule has 8 heterocycles. The van der Waals surface area contributed by atoms with Crippen LogP contribution >= 0.6 is 23.2 Å². The van der Waals surface area contributed by atoms with Crippen molar-refractivity contribution in [1.82, 2.24) is 37.2 Å². The second kappa shape index (κ2) is 36.4. The number of carboxylic acids is 1. The summed E-state index contributed by atoms with van der Waals surface area (Å²) in [4.78, 5) is 123. The Bertz CT molecular complexity index is 4770. The number of carbonyl (C=O) groups is 8. The number of unbranched alkanes of at least 4 members (excludes halogenated alkanes) is 3. The monoisotopic (exact) mass is 1700 g/mol. The van der Waals surface area contributed by atoms with E-state index >= 15 is 24.0 Å². The van der Waals surface area contributed by atoms with Crippen LogP contribution in [0.4, 0.5) is 0 Å². The number of hydrogen-bond acceptors (Lipinski definition) is 28. The van der Waals surface area contributed by atoms with Crippen LogP contribution in [0.3, 0.4) is 0 Å². The number of aliphatic carboxylic acids is 1. The molecular weight excluding hydrogens is 1600 g/mol. The summed E-state index contributed by atoms with van der Waals surface area (Å²) in [7, 11) is 0. The van der Waals surface area contributed by atoms with Crippen LogP contribution in [0, 0.1) is 17.8 Å². The van der Waals surface area contributed by atoms with Gasteiger partial charge in [-0.25, -0.2) is 4.79 Å². The average Bonchev–Trinajstić information content (AvgIpc) is 0.760. The van der Waals surface area contributed by atoms with Gasteiger partial charge in [-0.15, -0.1) is 11.6 Å². The van der Waals surface area contributed by atoms with Crippen LogP contribution in [0.2, 0.25) is 0 Å². The molecule has 3 aromatic rings. The molecule has 0 saturated carbocycles. The number of nitrogens with two attached hydrogens (primary N) is 1. The molecule has 36 nitrogen and oxygen atoms in total. The van der Waals surface area contributed by atoms with Gasteiger partial charge in [-0.05, 0) is 132 Å². The molecule has 3 aromatic carbocycles. The van der Waals surface area contributed by atoms with Gasteiger partial charge in [-0.2, -0.15) is 0 Å². The normalized spacial score (nSPS) is 32.4. The first-order chi connectivity index (χ1) is 56.7. The molecule has 4 aliphatic carbocycles. The molecule has 0 aromatic heterocycles. The van der Waals surface area contributed by atoms with Crippen molar-refractivity contribution in [3.05, 3.63) is 158 Å². The van der Waals surface area contributed by atoms with Gasteiger partial charge in [0.25, 0.3) is 0 Å². The van der Waals surface area contributed by atoms with Crippen LogP contribution in [0.1, 0.15) is 126 Å². The van der Waals surface area contributed by atoms with Crippen molar-refractivity contribution in [3.8, 4) is 40.2 Å². The third-order valence-electron chi connectivity index (χ3n) is 22.6. The highest BCUT2D eigenvalue weighted by Gasteiger charge is 2.52. The number of allylic oxidation sites excluding steroid dienone is 9. The number of halogens is 2. The van der Waals surface area contributed by atoms with Gasteiger partial charge < -0.3 is 142 Å². The quantitative estimate of drug-likeness (QED) is 0.0750. The van der Waals surface area contributed by atoms with Gasteiger partial charge in [0.2, 0.25) is 59.7 Å². The molecule has 22 atom stereocenters. The molecule has 640 valence electrons. The zero-order valence-corrected chi connectivity index (χ0v) is 65.8. The third kappa shape index (κ3) is 18.6. The number of carbonyl (C=O) groups excluding carboxylic acids is 7. The van der Waals surface area contributed by atoms with Crippen molar-refractivity contribution in [2.24, 2.45) is 23.5 Å². The lowest BCUT2D eigenvalue weighted by molar-refractivity contribution is -0.292. The summed E-state index contributed by atoms with van der Waals surface area (Å²) in [6.45, 7) is 3.68. The lowest BCUT2D eigenvalue weighted by Crippen LogP contribution is -2.65. The van der Waals surface area contributed by atoms with Crippen molar-refractivity contribution in [3.63, 3.8) is 0 Å². The number of aromatic hydroxyl groups is 2. The SMILES string of the molecule is CC(C)CCCCCCC(=O)NC1[C@@H](Oc2c3cc4cc2OC2=C(Cl)C=C(CC2)C[C@H]2NC(=O)[C@H](N)c5ccc(O)c(c5)Oc5cc(O)cc(c5)[C@H](NC2=O)C(=O)N[C@H]4C(=O)NC2C(=O)N[C@H](C(=O)N[C@H](C(=O)O)C4=CC(O)CC(OC5OC(CO)C(O)C(O)C5O)=C4C4C(O)=CC=C2C4C)[C@H](O)C2=CC=C(O3)[C@@H](Cl)C2)OC(CO)C(O)[C@@H]1O. The summed E-state index contributed by atoms with van der Waals surface area (Å²) < 4.78 is 44.8. The molecule has 38 heteroatoms. The topological polar surface area (TPSA) is 574 Å². The van der Waals surface area contributed by atoms with Gasteiger partial charge in [0, 0.05) is 30.9 Å². The number of carboxylic acid groups (broad SMARTS) is 1. The van der Waals surface area contributed by atoms with Gasteiger partial charge in [0.15, 0.2) is 29.0 Å². The minimum Gasteiger partial charge on any atom is -0.512 e. The number of benzene rings is 3. The van der Waals surface area contributed by atoms with Crippen LogP contribution in [-0.4, -0.2) is 230 Å². The molecule has 12 aliphatic rings. The molecule has 0 spiro atoms. The van der Waals surface area contributed by atoms with Gasteiger partial charge in [0.1, 0.15) is 126 Å². The Hall–Kier alpha value is -10.2. The number of hydrogen-bond donors (Lipinski definition) is 21. The Balaban J connectivity index is 1.03. The fraction of sp³-hybridized carbons (Fsp3) is 0.481. The average molecular weight is 1700 g/mol. The Morgan fingerprint density at radius 2 is 1.30 bits per heavy atom. The molecule has 3 saturated heterocycles. The number of nitrogens with one attached hydrogen (secondary N) is 7. The van der Waals surface area contributed by atoms with Crippen LogP contribution in [0.15, 0.2) is 141 Å². The molecule has 17 bridgehead atoms. The largest absolute Gasteiger partial charge is 0.512 e. The molecule has 8 aliphatic heterocycles. The van der Waals surface area contributed by atoms with Gasteiger partial charge >= 0.3 is 5.97 Å². The maximum atomic E-state index is 16.8. The number of fused-ring (bicyclic) bond motifs is 14. The second-order valence-electron chi connectivity index (χ2n) is 31.3. The lowest BCUT2D eigenvalue weighted by atomic mass is 9.70. The van der Waals surface area contributed by atoms with Crippen molar-refractivity contribution in [1.29, 1.82) is 0 Å². The molecule has 0 radical (unpaired) electrons. The second-order valence-corrected chi connectivity index (χ2v) is 32.2. The van der Waals surface area contributed by atoms with E-state index in [4.69, 9.17) is 62.1 Å². The number of phenolic OH excluding ortho intramolecular Hbond substituents is 2. The standard InChI is InChI=1S/C81H94Cl2N8O28/c1-31(2)8-6-4-5-7-9-56(98)86-65-69(102)67(100)54(29-92)117-80(65)119-72-52-24-37-25-53(72)115-49-17-12-35(22-44(49)83)66(99)64-78(110)90-63(79(111)112)42-27-39(95)28-51(116-81-71(104)70(103)68(101)55(30-93)118-81)58(42)57-32(3)41(13-15-47(57)97)62(77(109)91-64)89-76(108)61(37)88-75(107)60-36-20-38(94)26-40(21-36)113-50-23-34(11-14-46(50)96)59(84)74(106)85-45(73(105)87-60)19-33-10-16-48(114-52)43(82)18-33/h11-15,17-18,20-21,23-27,31-32,39,44-45,54-55,57,59-71,80-81,92-97,99-104H,4-10,16,19,22,28-30,84H2,1-3H3,(H,85,106)(H,86,98)(H,87,105)(H,88,107)(H,89,108)(H,90,110)(H,91,109)(H,111,112)/t32?,39?,44-,45+,54?,55?,57?,59+,60-,61+,62?,63-,64-,65?,66+,67?,68?,69+,70?,71?,80+,81?/m0/s1. The third-order valence-corrected chi connectivity index (χ3v) is 23.2. The summed E-state index contributed by atoms with van der Waals surface area (Å²) in [5, 5.41) is 165. The molecule has 22 N–H and O–H groups in total. The van der Waals surface area contributed by atoms with E-state index in [1.165, 1.54) is 55.5 Å². The van der Waals surface area contributed by atoms with Gasteiger partial charge in [0.05, 0.1) is 35.6 Å². The smallest absolute Gasteiger partial charge is 0.330 e. The Kier molecular flexibility index (Phi) is 26.5. The van der Waals surface area contributed by atoms with Crippen LogP contribution < -0.4 is 61.9 Å². The summed E-state index contributed by atoms with van der Waals surface area (Å²) in [6.07, 6.45) is -12.2. The number of rotatable bonds is 15. The van der Waals surface area contributed by atoms with Crippen molar-refractivity contribution in [2.75, 3.05) is 13.2 Å². The first-order valence-corrected chi connectivity index (χ1v) is 39.8. The Morgan fingerprint density at radius 3 is 1.99 bits per heavy atom. The highest BCUT2D eigenvalue weighted by molar-refractivity contribution is 6.31. The number of amides is 7. The first-order valence-electron chi connectivity index (χ1n) is 39.0. The van der Waals surface area contributed by atoms with Crippen LogP contribution in [0.5, 0.6) is 40.2 Å². The van der Waals surface area contributed by atoms with Crippen molar-refractivity contribution >= 4 is 70.5 Å². The maximum Gasteiger partial charge on any atom is 0.330 e. The van der Waals surface area contributed by atoms with E-state index in [1.54, 1.807) is 0 Å². The van der Waals surface area contributed by atoms with E-state index in [-0.39, 0.29) is 81.6 Å². The van der Waals surface area contributed by atoms with Crippen molar-refractivity contribution in [2.45, 2.75) is 213 Å². The number of phenols is 2. The van der Waals surface area contributed by atoms with E-state index in [2.05, 4.69) is 51.1 Å². The van der Waals surface area contributed by atoms with E-state index in [1.807, 2.05) is 0 Å². The zero-order valence-electron chi connectivity index (χ0n) is 64.3. The number of aliphatic hydroxyl groups is 10. The molecule has 15 rings (SSSR count). The molecule has 119 heavy (non-hydrogen) atoms.